The van der Waals surface area contributed by atoms with Gasteiger partial charge in [0.1, 0.15) is 0 Å². The first-order valence-corrected chi connectivity index (χ1v) is 22.6. The van der Waals surface area contributed by atoms with Gasteiger partial charge in [0.15, 0.2) is 23.1 Å². The lowest BCUT2D eigenvalue weighted by molar-refractivity contribution is -0.151. The molecule has 2 unspecified atom stereocenters. The van der Waals surface area contributed by atoms with Crippen molar-refractivity contribution in [2.24, 2.45) is 11.3 Å². The fourth-order valence-electron chi connectivity index (χ4n) is 5.03. The van der Waals surface area contributed by atoms with Crippen molar-refractivity contribution in [1.29, 1.82) is 0 Å². The number of aromatic carboxylic acids is 4. The van der Waals surface area contributed by atoms with Crippen LogP contribution in [0.15, 0.2) is 24.3 Å². The lowest BCUT2D eigenvalue weighted by Crippen LogP contribution is -2.24. The van der Waals surface area contributed by atoms with Crippen molar-refractivity contribution in [3.63, 3.8) is 0 Å². The van der Waals surface area contributed by atoms with E-state index >= 15 is 0 Å². The summed E-state index contributed by atoms with van der Waals surface area (Å²) in [4.78, 5) is 111. The van der Waals surface area contributed by atoms with Crippen LogP contribution in [0.3, 0.4) is 0 Å². The molecule has 0 amide bonds. The second-order valence-electron chi connectivity index (χ2n) is 15.3. The predicted molar refractivity (Wildman–Crippen MR) is 266 cm³/mol. The van der Waals surface area contributed by atoms with Gasteiger partial charge in [0.25, 0.3) is 0 Å². The largest absolute Gasteiger partial charge is 0.478 e. The number of ether oxygens (including phenoxy) is 4. The van der Waals surface area contributed by atoms with Gasteiger partial charge in [0.05, 0.1) is 60.0 Å². The summed E-state index contributed by atoms with van der Waals surface area (Å²) in [6, 6.07) is 3.69. The fraction of sp³-hybridized carbons (Fsp3) is 0.560. The first kappa shape index (κ1) is 72.2. The van der Waals surface area contributed by atoms with E-state index in [0.717, 1.165) is 84.1 Å². The average Bonchev–Trinajstić information content (AvgIpc) is 3.27. The maximum atomic E-state index is 11.3. The normalized spacial score (nSPS) is 10.8. The third kappa shape index (κ3) is 27.7. The smallest absolute Gasteiger partial charge is 0.336 e. The Morgan fingerprint density at radius 1 is 0.609 bits per heavy atom. The Morgan fingerprint density at radius 3 is 1.19 bits per heavy atom. The number of carboxylic acids is 4. The van der Waals surface area contributed by atoms with Crippen molar-refractivity contribution in [3.05, 3.63) is 68.8 Å². The molecule has 0 radical (unpaired) electrons. The molecule has 392 valence electrons. The first-order valence-electron chi connectivity index (χ1n) is 21.2. The summed E-state index contributed by atoms with van der Waals surface area (Å²) in [5.41, 5.74) is -2.75. The number of hydrogen-bond donors (Lipinski definition) is 4. The van der Waals surface area contributed by atoms with Crippen LogP contribution in [0.5, 0.6) is 0 Å². The molecule has 0 aromatic heterocycles. The van der Waals surface area contributed by atoms with E-state index in [2.05, 4.69) is 17.9 Å². The number of rotatable bonds is 22. The highest BCUT2D eigenvalue weighted by Gasteiger charge is 2.26. The molecule has 0 aliphatic carbocycles. The first-order chi connectivity index (χ1) is 31.1. The fourth-order valence-corrected chi connectivity index (χ4v) is 5.48. The number of carboxylic acid groups (broad SMARTS) is 4. The summed E-state index contributed by atoms with van der Waals surface area (Å²) in [6.07, 6.45) is 8.46. The van der Waals surface area contributed by atoms with E-state index in [-0.39, 0.29) is 77.6 Å². The minimum Gasteiger partial charge on any atom is -0.478 e. The monoisotopic (exact) mass is 998 g/mol. The Balaban J connectivity index is -0.000000253. The highest BCUT2D eigenvalue weighted by atomic mass is 32.2. The van der Waals surface area contributed by atoms with Crippen LogP contribution in [-0.2, 0) is 28.5 Å². The average molecular weight is 999 g/mol. The number of carbonyl (C=O) groups is 10. The van der Waals surface area contributed by atoms with E-state index in [1.165, 1.54) is 19.3 Å². The number of carbonyl (C=O) groups excluding carboxylic acids is 6. The quantitative estimate of drug-likeness (QED) is 0.0484. The topological polar surface area (TPSA) is 289 Å². The van der Waals surface area contributed by atoms with Gasteiger partial charge in [0.2, 0.25) is 0 Å². The second kappa shape index (κ2) is 38.1. The maximum absolute atomic E-state index is 11.3. The molecular formula is C50H78O18S. The summed E-state index contributed by atoms with van der Waals surface area (Å²) < 4.78 is 19.8. The van der Waals surface area contributed by atoms with Crippen molar-refractivity contribution in [2.45, 2.75) is 129 Å². The Labute approximate surface area is 412 Å². The molecule has 0 spiro atoms. The number of thioether (sulfide) groups is 1. The molecule has 0 aliphatic heterocycles. The van der Waals surface area contributed by atoms with Gasteiger partial charge in [-0.15, -0.1) is 0 Å². The molecule has 4 N–H and O–H groups in total. The van der Waals surface area contributed by atoms with Crippen LogP contribution >= 0.6 is 11.8 Å². The van der Waals surface area contributed by atoms with Gasteiger partial charge in [-0.25, -0.2) is 19.2 Å². The molecular weight excluding hydrogens is 921 g/mol. The summed E-state index contributed by atoms with van der Waals surface area (Å²) >= 11 is 1.88. The maximum Gasteiger partial charge on any atom is 0.336 e. The zero-order valence-electron chi connectivity index (χ0n) is 41.2. The molecule has 0 heterocycles. The third-order valence-corrected chi connectivity index (χ3v) is 10.4. The summed E-state index contributed by atoms with van der Waals surface area (Å²) in [6.45, 7) is 17.5. The molecule has 2 aromatic carbocycles. The third-order valence-electron chi connectivity index (χ3n) is 9.69. The van der Waals surface area contributed by atoms with Crippen molar-refractivity contribution in [2.75, 3.05) is 46.6 Å². The van der Waals surface area contributed by atoms with Crippen LogP contribution in [0, 0.1) is 11.3 Å². The minimum absolute atomic E-state index is 0. The van der Waals surface area contributed by atoms with Crippen LogP contribution in [0.1, 0.15) is 205 Å². The van der Waals surface area contributed by atoms with E-state index in [4.69, 9.17) is 34.6 Å². The van der Waals surface area contributed by atoms with E-state index in [1.54, 1.807) is 14.2 Å². The lowest BCUT2D eigenvalue weighted by Gasteiger charge is -2.17. The van der Waals surface area contributed by atoms with Gasteiger partial charge in [-0.3, -0.25) is 28.8 Å². The van der Waals surface area contributed by atoms with E-state index < -0.39 is 58.1 Å². The highest BCUT2D eigenvalue weighted by Crippen LogP contribution is 2.22. The molecule has 18 nitrogen and oxygen atoms in total. The standard InChI is InChI=1S/2C12H10O6.C9H18O2.C8H18O2S.C7H14O2.2CH4/c1-5(13)7-3-10(12(17)18)8(6(2)14)4-9(7)11(15)16;1-5(13)7-3-8(6(2)14)10(12(17)18)4-9(7)11(15)16;1-4-6-7-11-9(10)8(3)5-2;1-9-7-8(10-2)5-4-6-11-3;1-5-7(2,3)6(8)9-4;;/h2*3-4H,1-2H3,(H,15,16)(H,17,18);2*8H,4-7H2,1-3H3;5H2,1-4H3;2*1H4. The van der Waals surface area contributed by atoms with Gasteiger partial charge in [-0.1, -0.05) is 49.0 Å². The van der Waals surface area contributed by atoms with Crippen molar-refractivity contribution >= 4 is 70.7 Å². The second-order valence-corrected chi connectivity index (χ2v) is 16.3. The number of unbranched alkanes of at least 4 members (excludes halogenated alkanes) is 1. The van der Waals surface area contributed by atoms with Crippen LogP contribution < -0.4 is 0 Å². The van der Waals surface area contributed by atoms with Gasteiger partial charge in [-0.2, -0.15) is 11.8 Å². The molecule has 19 heteroatoms. The molecule has 0 saturated carbocycles. The molecule has 69 heavy (non-hydrogen) atoms. The SMILES string of the molecule is C.C.CC(=O)c1cc(C(=O)O)c(C(C)=O)cc1C(=O)O.CC(=O)c1cc(C(C)=O)c(C(=O)O)cc1C(=O)O.CCC(C)(C)C(=O)OC.CCCCOC(=O)C(C)CC.COCC(CCCSC)OC. The zero-order valence-corrected chi connectivity index (χ0v) is 42.1. The van der Waals surface area contributed by atoms with Crippen molar-refractivity contribution in [3.8, 4) is 0 Å². The number of Topliss-reactive ketones (excluding diaryl/α,β-unsaturated/α-hetero) is 4. The number of hydrogen-bond acceptors (Lipinski definition) is 15. The number of ketones is 4. The summed E-state index contributed by atoms with van der Waals surface area (Å²) in [7, 11) is 4.86. The van der Waals surface area contributed by atoms with E-state index in [1.807, 2.05) is 46.4 Å². The highest BCUT2D eigenvalue weighted by molar-refractivity contribution is 7.98. The van der Waals surface area contributed by atoms with Crippen LogP contribution in [0.4, 0.5) is 0 Å². The van der Waals surface area contributed by atoms with Crippen molar-refractivity contribution in [1.82, 2.24) is 0 Å². The zero-order chi connectivity index (χ0) is 52.8. The van der Waals surface area contributed by atoms with Crippen molar-refractivity contribution < 1.29 is 87.3 Å². The summed E-state index contributed by atoms with van der Waals surface area (Å²) in [5, 5.41) is 35.7. The van der Waals surface area contributed by atoms with E-state index in [0.29, 0.717) is 13.2 Å². The molecule has 0 saturated heterocycles. The predicted octanol–water partition coefficient (Wildman–Crippen LogP) is 10.0. The van der Waals surface area contributed by atoms with Crippen LogP contribution in [-0.4, -0.2) is 132 Å². The molecule has 0 bridgehead atoms. The lowest BCUT2D eigenvalue weighted by atomic mass is 9.91. The van der Waals surface area contributed by atoms with Gasteiger partial charge in [-0.05, 0) is 110 Å². The van der Waals surface area contributed by atoms with Gasteiger partial charge < -0.3 is 39.4 Å². The Bertz CT molecular complexity index is 1700. The van der Waals surface area contributed by atoms with E-state index in [9.17, 15) is 47.9 Å². The molecule has 0 aliphatic rings. The Hall–Kier alpha value is -5.79. The van der Waals surface area contributed by atoms with Crippen LogP contribution in [0.2, 0.25) is 0 Å². The molecule has 2 rings (SSSR count). The Kier molecular flexibility index (Phi) is 39.9. The van der Waals surface area contributed by atoms with Gasteiger partial charge >= 0.3 is 35.8 Å². The van der Waals surface area contributed by atoms with Crippen LogP contribution in [0.25, 0.3) is 0 Å². The van der Waals surface area contributed by atoms with Gasteiger partial charge in [0, 0.05) is 36.5 Å². The minimum atomic E-state index is -1.42. The number of benzene rings is 2. The molecule has 2 atom stereocenters. The molecule has 2 aromatic rings. The Morgan fingerprint density at radius 2 is 0.957 bits per heavy atom. The number of esters is 2. The molecule has 0 fully saturated rings. The summed E-state index contributed by atoms with van der Waals surface area (Å²) in [5.74, 6) is -6.79. The number of methoxy groups -OCH3 is 3.